The summed E-state index contributed by atoms with van der Waals surface area (Å²) in [5, 5.41) is 8.37. The van der Waals surface area contributed by atoms with Crippen molar-refractivity contribution in [2.24, 2.45) is 5.73 Å². The lowest BCUT2D eigenvalue weighted by Gasteiger charge is -2.02. The Kier molecular flexibility index (Phi) is 4.47. The van der Waals surface area contributed by atoms with Crippen molar-refractivity contribution < 1.29 is 9.90 Å². The first-order valence-corrected chi connectivity index (χ1v) is 5.27. The van der Waals surface area contributed by atoms with Gasteiger partial charge in [-0.3, -0.25) is 4.79 Å². The van der Waals surface area contributed by atoms with Gasteiger partial charge in [0.25, 0.3) is 0 Å². The van der Waals surface area contributed by atoms with Crippen LogP contribution in [0.5, 0.6) is 0 Å². The SMILES string of the molecule is C[S+]([14CH3])CC[C@H](N)C(=O)O. The highest BCUT2D eigenvalue weighted by molar-refractivity contribution is 7.95. The maximum absolute atomic E-state index is 10.2. The van der Waals surface area contributed by atoms with Crippen LogP contribution in [0.3, 0.4) is 0 Å². The maximum Gasteiger partial charge on any atom is 0.320 e. The number of hydrogen-bond donors (Lipinski definition) is 2. The van der Waals surface area contributed by atoms with Gasteiger partial charge in [0.2, 0.25) is 0 Å². The third-order valence-electron chi connectivity index (χ3n) is 1.15. The number of carboxylic acid groups (broad SMARTS) is 1. The van der Waals surface area contributed by atoms with Crippen molar-refractivity contribution in [3.05, 3.63) is 0 Å². The molecule has 0 aromatic heterocycles. The smallest absolute Gasteiger partial charge is 0.320 e. The van der Waals surface area contributed by atoms with Crippen molar-refractivity contribution in [1.82, 2.24) is 0 Å². The predicted molar refractivity (Wildman–Crippen MR) is 44.3 cm³/mol. The normalized spacial score (nSPS) is 16.3. The van der Waals surface area contributed by atoms with Gasteiger partial charge in [-0.05, 0) is 10.9 Å². The van der Waals surface area contributed by atoms with Crippen molar-refractivity contribution in [3.8, 4) is 0 Å². The Balaban J connectivity index is 3.40. The lowest BCUT2D eigenvalue weighted by atomic mass is 10.2. The minimum absolute atomic E-state index is 0.304. The molecule has 3 N–H and O–H groups in total. The summed E-state index contributed by atoms with van der Waals surface area (Å²) in [5.41, 5.74) is 5.27. The summed E-state index contributed by atoms with van der Waals surface area (Å²) < 4.78 is 0. The van der Waals surface area contributed by atoms with E-state index in [4.69, 9.17) is 10.8 Å². The Hall–Kier alpha value is -0.220. The first-order chi connectivity index (χ1) is 4.54. The van der Waals surface area contributed by atoms with E-state index in [1.54, 1.807) is 0 Å². The van der Waals surface area contributed by atoms with Crippen LogP contribution in [-0.4, -0.2) is 35.4 Å². The van der Waals surface area contributed by atoms with Gasteiger partial charge in [-0.2, -0.15) is 0 Å². The summed E-state index contributed by atoms with van der Waals surface area (Å²) in [6.45, 7) is 0. The van der Waals surface area contributed by atoms with E-state index in [1.807, 2.05) is 0 Å². The molecule has 0 bridgehead atoms. The van der Waals surface area contributed by atoms with Crippen LogP contribution in [0.4, 0.5) is 0 Å². The zero-order valence-corrected chi connectivity index (χ0v) is 7.15. The van der Waals surface area contributed by atoms with Crippen LogP contribution in [0.1, 0.15) is 6.42 Å². The van der Waals surface area contributed by atoms with Gasteiger partial charge in [-0.1, -0.05) is 0 Å². The molecule has 0 fully saturated rings. The molecule has 2 atom stereocenters. The molecule has 0 saturated carbocycles. The van der Waals surface area contributed by atoms with Crippen molar-refractivity contribution in [2.45, 2.75) is 12.5 Å². The monoisotopic (exact) mass is 166 g/mol. The van der Waals surface area contributed by atoms with Gasteiger partial charge in [-0.15, -0.1) is 0 Å². The summed E-state index contributed by atoms with van der Waals surface area (Å²) in [5.74, 6) is 0.0125. The Morgan fingerprint density at radius 3 is 2.70 bits per heavy atom. The Bertz CT molecular complexity index is 116. The van der Waals surface area contributed by atoms with E-state index in [0.29, 0.717) is 17.3 Å². The molecule has 60 valence electrons. The summed E-state index contributed by atoms with van der Waals surface area (Å²) in [6.07, 6.45) is 4.74. The van der Waals surface area contributed by atoms with Crippen LogP contribution < -0.4 is 5.73 Å². The molecule has 0 spiro atoms. The fraction of sp³-hybridized carbons (Fsp3) is 0.833. The van der Waals surface area contributed by atoms with Gasteiger partial charge in [0.05, 0.1) is 12.5 Å². The molecule has 0 saturated heterocycles. The molecule has 1 unspecified atom stereocenters. The van der Waals surface area contributed by atoms with Gasteiger partial charge in [0, 0.05) is 6.42 Å². The molecule has 0 aliphatic carbocycles. The lowest BCUT2D eigenvalue weighted by Crippen LogP contribution is -2.31. The van der Waals surface area contributed by atoms with E-state index in [1.165, 1.54) is 0 Å². The maximum atomic E-state index is 10.2. The second-order valence-electron chi connectivity index (χ2n) is 2.42. The number of carbonyl (C=O) groups is 1. The van der Waals surface area contributed by atoms with Crippen molar-refractivity contribution in [3.63, 3.8) is 0 Å². The molecule has 0 aromatic carbocycles. The molecular formula is C6H14NO2S+. The highest BCUT2D eigenvalue weighted by atomic mass is 32.2. The van der Waals surface area contributed by atoms with Gasteiger partial charge in [0.15, 0.2) is 0 Å². The van der Waals surface area contributed by atoms with E-state index in [-0.39, 0.29) is 0 Å². The molecule has 0 radical (unpaired) electrons. The van der Waals surface area contributed by atoms with Gasteiger partial charge in [0.1, 0.15) is 11.8 Å². The van der Waals surface area contributed by atoms with Gasteiger partial charge >= 0.3 is 5.97 Å². The number of hydrogen-bond acceptors (Lipinski definition) is 2. The quantitative estimate of drug-likeness (QED) is 0.562. The van der Waals surface area contributed by atoms with Crippen LogP contribution in [-0.2, 0) is 15.7 Å². The van der Waals surface area contributed by atoms with Crippen LogP contribution in [0.2, 0.25) is 0 Å². The topological polar surface area (TPSA) is 63.3 Å². The molecule has 0 aliphatic heterocycles. The summed E-state index contributed by atoms with van der Waals surface area (Å²) in [4.78, 5) is 10.2. The minimum atomic E-state index is -0.898. The summed E-state index contributed by atoms with van der Waals surface area (Å²) in [6, 6.07) is -0.671. The van der Waals surface area contributed by atoms with E-state index in [0.717, 1.165) is 5.75 Å². The molecule has 0 heterocycles. The fourth-order valence-electron chi connectivity index (χ4n) is 0.486. The number of nitrogens with two attached hydrogens (primary N) is 1. The molecular weight excluding hydrogens is 152 g/mol. The number of carboxylic acids is 1. The Morgan fingerprint density at radius 1 is 1.90 bits per heavy atom. The average molecular weight is 166 g/mol. The zero-order chi connectivity index (χ0) is 8.15. The van der Waals surface area contributed by atoms with Crippen LogP contribution in [0, 0.1) is 0 Å². The van der Waals surface area contributed by atoms with Crippen molar-refractivity contribution in [2.75, 3.05) is 18.3 Å². The van der Waals surface area contributed by atoms with Gasteiger partial charge in [-0.25, -0.2) is 0 Å². The van der Waals surface area contributed by atoms with E-state index >= 15 is 0 Å². The van der Waals surface area contributed by atoms with Crippen molar-refractivity contribution >= 4 is 16.9 Å². The second kappa shape index (κ2) is 4.57. The molecule has 0 aliphatic rings. The molecule has 4 heteroatoms. The number of rotatable bonds is 4. The summed E-state index contributed by atoms with van der Waals surface area (Å²) in [7, 11) is 0.304. The summed E-state index contributed by atoms with van der Waals surface area (Å²) >= 11 is 0. The predicted octanol–water partition coefficient (Wildman–Crippen LogP) is -0.334. The molecule has 0 rings (SSSR count). The molecule has 3 nitrogen and oxygen atoms in total. The van der Waals surface area contributed by atoms with Crippen LogP contribution in [0.25, 0.3) is 0 Å². The van der Waals surface area contributed by atoms with Crippen LogP contribution in [0.15, 0.2) is 0 Å². The highest BCUT2D eigenvalue weighted by Gasteiger charge is 2.14. The van der Waals surface area contributed by atoms with E-state index in [2.05, 4.69) is 12.5 Å². The Labute approximate surface area is 64.0 Å². The van der Waals surface area contributed by atoms with E-state index < -0.39 is 12.0 Å². The minimum Gasteiger partial charge on any atom is -0.480 e. The van der Waals surface area contributed by atoms with Crippen LogP contribution >= 0.6 is 0 Å². The Morgan fingerprint density at radius 2 is 2.40 bits per heavy atom. The second-order valence-corrected chi connectivity index (χ2v) is 4.80. The first-order valence-electron chi connectivity index (χ1n) is 3.06. The standard InChI is InChI=1S/C6H13NO2S/c1-10(2)4-3-5(7)6(8)9/h5H,3-4,7H2,1-2H3/p+1/t5-/m0/s1/i1+2/t5-,10?. The zero-order valence-electron chi connectivity index (χ0n) is 6.33. The van der Waals surface area contributed by atoms with Crippen molar-refractivity contribution in [1.29, 1.82) is 0 Å². The largest absolute Gasteiger partial charge is 0.480 e. The van der Waals surface area contributed by atoms with Gasteiger partial charge < -0.3 is 10.8 Å². The molecule has 0 aromatic rings. The molecule has 0 amide bonds. The number of aliphatic carboxylic acids is 1. The first kappa shape index (κ1) is 9.78. The lowest BCUT2D eigenvalue weighted by molar-refractivity contribution is -0.138. The fourth-order valence-corrected chi connectivity index (χ4v) is 1.21. The molecule has 10 heavy (non-hydrogen) atoms. The van der Waals surface area contributed by atoms with E-state index in [9.17, 15) is 4.79 Å². The third-order valence-corrected chi connectivity index (χ3v) is 2.21. The highest BCUT2D eigenvalue weighted by Crippen LogP contribution is 1.93. The third kappa shape index (κ3) is 4.64. The average Bonchev–Trinajstić information content (AvgIpc) is 1.82.